The predicted molar refractivity (Wildman–Crippen MR) is 32.7 cm³/mol. The molecule has 0 bridgehead atoms. The highest BCUT2D eigenvalue weighted by Gasteiger charge is 1.96. The summed E-state index contributed by atoms with van der Waals surface area (Å²) in [6.07, 6.45) is 0.552. The third-order valence-corrected chi connectivity index (χ3v) is 0.926. The molecule has 0 unspecified atom stereocenters. The van der Waals surface area contributed by atoms with E-state index in [1.165, 1.54) is 0 Å². The van der Waals surface area contributed by atoms with Crippen LogP contribution in [-0.2, 0) is 0 Å². The summed E-state index contributed by atoms with van der Waals surface area (Å²) in [5, 5.41) is 16.4. The molecule has 46 valence electrons. The molecule has 0 heterocycles. The first-order valence-electron chi connectivity index (χ1n) is 2.55. The van der Waals surface area contributed by atoms with Crippen LogP contribution in [0.25, 0.3) is 0 Å². The zero-order valence-corrected chi connectivity index (χ0v) is 5.18. The van der Waals surface area contributed by atoms with Gasteiger partial charge in [-0.3, -0.25) is 0 Å². The molecule has 0 aromatic heterocycles. The van der Waals surface area contributed by atoms with Gasteiger partial charge in [0.2, 0.25) is 0 Å². The zero-order chi connectivity index (χ0) is 7.28. The monoisotopic (exact) mass is 121 g/mol. The van der Waals surface area contributed by atoms with Gasteiger partial charge in [-0.1, -0.05) is 6.92 Å². The Morgan fingerprint density at radius 3 is 2.00 bits per heavy atom. The highest BCUT2D eigenvalue weighted by Crippen LogP contribution is 1.98. The molecule has 0 radical (unpaired) electrons. The summed E-state index contributed by atoms with van der Waals surface area (Å²) >= 11 is 0. The Morgan fingerprint density at radius 1 is 1.44 bits per heavy atom. The van der Waals surface area contributed by atoms with Crippen LogP contribution in [0.5, 0.6) is 0 Å². The van der Waals surface area contributed by atoms with Gasteiger partial charge in [0.1, 0.15) is 17.7 Å². The van der Waals surface area contributed by atoms with Crippen LogP contribution in [0.4, 0.5) is 0 Å². The van der Waals surface area contributed by atoms with Crippen LogP contribution in [0.3, 0.4) is 0 Å². The molecule has 0 amide bonds. The Balaban J connectivity index is 4.49. The van der Waals surface area contributed by atoms with Crippen LogP contribution in [0.15, 0.2) is 11.3 Å². The van der Waals surface area contributed by atoms with Crippen molar-refractivity contribution in [1.29, 1.82) is 10.5 Å². The van der Waals surface area contributed by atoms with Crippen molar-refractivity contribution in [3.63, 3.8) is 0 Å². The van der Waals surface area contributed by atoms with E-state index in [-0.39, 0.29) is 5.57 Å². The van der Waals surface area contributed by atoms with Gasteiger partial charge in [0.25, 0.3) is 0 Å². The molecular formula is C6H7N3. The fourth-order valence-corrected chi connectivity index (χ4v) is 0.345. The predicted octanol–water partition coefficient (Wildman–Crippen LogP) is 0.656. The van der Waals surface area contributed by atoms with Crippen molar-refractivity contribution in [2.45, 2.75) is 13.3 Å². The molecule has 0 aliphatic carbocycles. The van der Waals surface area contributed by atoms with Gasteiger partial charge < -0.3 is 5.73 Å². The van der Waals surface area contributed by atoms with Crippen molar-refractivity contribution < 1.29 is 0 Å². The smallest absolute Gasteiger partial charge is 0.148 e. The number of nitrogens with two attached hydrogens (primary N) is 1. The molecule has 0 rings (SSSR count). The average Bonchev–Trinajstić information content (AvgIpc) is 1.90. The van der Waals surface area contributed by atoms with E-state index < -0.39 is 0 Å². The van der Waals surface area contributed by atoms with Gasteiger partial charge in [0.15, 0.2) is 0 Å². The summed E-state index contributed by atoms with van der Waals surface area (Å²) in [6, 6.07) is 3.39. The highest BCUT2D eigenvalue weighted by molar-refractivity contribution is 5.38. The molecule has 9 heavy (non-hydrogen) atoms. The Labute approximate surface area is 54.0 Å². The maximum atomic E-state index is 8.22. The van der Waals surface area contributed by atoms with Crippen molar-refractivity contribution in [3.8, 4) is 12.1 Å². The summed E-state index contributed by atoms with van der Waals surface area (Å²) in [6.45, 7) is 1.80. The van der Waals surface area contributed by atoms with E-state index in [2.05, 4.69) is 0 Å². The van der Waals surface area contributed by atoms with E-state index in [1.54, 1.807) is 19.1 Å². The Bertz CT molecular complexity index is 185. The minimum absolute atomic E-state index is 0.0255. The molecule has 0 saturated carbocycles. The van der Waals surface area contributed by atoms with Crippen LogP contribution in [0, 0.1) is 22.7 Å². The minimum atomic E-state index is 0.0255. The average molecular weight is 121 g/mol. The molecule has 3 nitrogen and oxygen atoms in total. The van der Waals surface area contributed by atoms with Gasteiger partial charge >= 0.3 is 0 Å². The lowest BCUT2D eigenvalue weighted by Gasteiger charge is -1.90. The minimum Gasteiger partial charge on any atom is -0.400 e. The van der Waals surface area contributed by atoms with Gasteiger partial charge in [-0.25, -0.2) is 0 Å². The second-order valence-corrected chi connectivity index (χ2v) is 1.48. The normalized spacial score (nSPS) is 7.00. The van der Waals surface area contributed by atoms with Gasteiger partial charge in [-0.05, 0) is 6.42 Å². The van der Waals surface area contributed by atoms with Gasteiger partial charge in [0, 0.05) is 5.70 Å². The van der Waals surface area contributed by atoms with Gasteiger partial charge in [-0.2, -0.15) is 10.5 Å². The lowest BCUT2D eigenvalue weighted by atomic mass is 10.2. The highest BCUT2D eigenvalue weighted by atomic mass is 14.6. The standard InChI is InChI=1S/C6H7N3/c1-2-6(9)5(3-7)4-8/h2,9H2,1H3. The largest absolute Gasteiger partial charge is 0.400 e. The lowest BCUT2D eigenvalue weighted by molar-refractivity contribution is 1.06. The molecule has 0 aromatic rings. The first-order valence-corrected chi connectivity index (χ1v) is 2.55. The summed E-state index contributed by atoms with van der Waals surface area (Å²) in [5.74, 6) is 0. The molecule has 2 N–H and O–H groups in total. The molecule has 0 fully saturated rings. The second-order valence-electron chi connectivity index (χ2n) is 1.48. The SMILES string of the molecule is CCC(N)=C(C#N)C#N. The number of nitriles is 2. The molecular weight excluding hydrogens is 114 g/mol. The number of hydrogen-bond acceptors (Lipinski definition) is 3. The summed E-state index contributed by atoms with van der Waals surface area (Å²) in [4.78, 5) is 0. The fraction of sp³-hybridized carbons (Fsp3) is 0.333. The van der Waals surface area contributed by atoms with Crippen molar-refractivity contribution in [2.75, 3.05) is 0 Å². The maximum Gasteiger partial charge on any atom is 0.148 e. The van der Waals surface area contributed by atoms with Gasteiger partial charge in [0.05, 0.1) is 0 Å². The number of allylic oxidation sites excluding steroid dienone is 2. The molecule has 0 aromatic carbocycles. The van der Waals surface area contributed by atoms with Crippen LogP contribution in [0.2, 0.25) is 0 Å². The van der Waals surface area contributed by atoms with Crippen LogP contribution in [-0.4, -0.2) is 0 Å². The molecule has 0 aliphatic heterocycles. The summed E-state index contributed by atoms with van der Waals surface area (Å²) in [5.41, 5.74) is 5.66. The maximum absolute atomic E-state index is 8.22. The molecule has 0 saturated heterocycles. The van der Waals surface area contributed by atoms with Gasteiger partial charge in [-0.15, -0.1) is 0 Å². The zero-order valence-electron chi connectivity index (χ0n) is 5.18. The van der Waals surface area contributed by atoms with Crippen LogP contribution in [0.1, 0.15) is 13.3 Å². The first kappa shape index (κ1) is 7.52. The fourth-order valence-electron chi connectivity index (χ4n) is 0.345. The Hall–Kier alpha value is -1.48. The van der Waals surface area contributed by atoms with Crippen LogP contribution < -0.4 is 5.73 Å². The van der Waals surface area contributed by atoms with Crippen molar-refractivity contribution in [3.05, 3.63) is 11.3 Å². The summed E-state index contributed by atoms with van der Waals surface area (Å²) in [7, 11) is 0. The quantitative estimate of drug-likeness (QED) is 0.518. The van der Waals surface area contributed by atoms with E-state index in [0.717, 1.165) is 0 Å². The third kappa shape index (κ3) is 1.84. The van der Waals surface area contributed by atoms with Crippen LogP contribution >= 0.6 is 0 Å². The molecule has 3 heteroatoms. The van der Waals surface area contributed by atoms with E-state index >= 15 is 0 Å². The van der Waals surface area contributed by atoms with E-state index in [0.29, 0.717) is 12.1 Å². The topological polar surface area (TPSA) is 73.6 Å². The lowest BCUT2D eigenvalue weighted by Crippen LogP contribution is -1.98. The number of hydrogen-bond donors (Lipinski definition) is 1. The molecule has 0 spiro atoms. The first-order chi connectivity index (χ1) is 4.26. The third-order valence-electron chi connectivity index (χ3n) is 0.926. The van der Waals surface area contributed by atoms with Crippen molar-refractivity contribution in [1.82, 2.24) is 0 Å². The summed E-state index contributed by atoms with van der Waals surface area (Å²) < 4.78 is 0. The number of rotatable bonds is 1. The van der Waals surface area contributed by atoms with E-state index in [4.69, 9.17) is 16.3 Å². The number of nitrogens with zero attached hydrogens (tertiary/aromatic N) is 2. The van der Waals surface area contributed by atoms with Crippen molar-refractivity contribution >= 4 is 0 Å². The molecule has 0 aliphatic rings. The Kier molecular flexibility index (Phi) is 2.94. The van der Waals surface area contributed by atoms with E-state index in [1.807, 2.05) is 0 Å². The van der Waals surface area contributed by atoms with Crippen molar-refractivity contribution in [2.24, 2.45) is 5.73 Å². The Morgan fingerprint density at radius 2 is 1.89 bits per heavy atom. The second kappa shape index (κ2) is 3.51. The van der Waals surface area contributed by atoms with E-state index in [9.17, 15) is 0 Å². The molecule has 0 atom stereocenters.